The van der Waals surface area contributed by atoms with Crippen LogP contribution in [0.5, 0.6) is 0 Å². The second-order valence-electron chi connectivity index (χ2n) is 6.39. The summed E-state index contributed by atoms with van der Waals surface area (Å²) in [4.78, 5) is 38.4. The Hall–Kier alpha value is -3.55. The lowest BCUT2D eigenvalue weighted by atomic mass is 9.84. The highest BCUT2D eigenvalue weighted by molar-refractivity contribution is 6.07. The molecule has 0 fully saturated rings. The molecule has 8 heteroatoms. The second-order valence-corrected chi connectivity index (χ2v) is 6.39. The van der Waals surface area contributed by atoms with Gasteiger partial charge in [-0.2, -0.15) is 5.01 Å². The highest BCUT2D eigenvalue weighted by atomic mass is 16.6. The van der Waals surface area contributed by atoms with Crippen LogP contribution in [0.4, 0.5) is 15.3 Å². The molecule has 1 aliphatic rings. The third-order valence-corrected chi connectivity index (χ3v) is 4.61. The normalized spacial score (nSPS) is 17.1. The molecular formula is C21H23N3O5. The lowest BCUT2D eigenvalue weighted by molar-refractivity contribution is -0.128. The van der Waals surface area contributed by atoms with E-state index in [-0.39, 0.29) is 19.6 Å². The first-order chi connectivity index (χ1) is 14.0. The number of carbonyl (C=O) groups is 3. The summed E-state index contributed by atoms with van der Waals surface area (Å²) in [7, 11) is 0. The van der Waals surface area contributed by atoms with Gasteiger partial charge in [-0.1, -0.05) is 48.5 Å². The molecule has 2 aromatic rings. The molecule has 0 bridgehead atoms. The van der Waals surface area contributed by atoms with E-state index in [1.54, 1.807) is 38.1 Å². The molecule has 2 N–H and O–H groups in total. The summed E-state index contributed by atoms with van der Waals surface area (Å²) in [5, 5.41) is 3.74. The SMILES string of the molecule is CCOC(=O)NN(C(=O)OCC)[C@@]1(Cc2ccccc2)C(=O)Nc2ccccc21. The van der Waals surface area contributed by atoms with Gasteiger partial charge in [-0.25, -0.2) is 15.0 Å². The maximum Gasteiger partial charge on any atom is 0.430 e. The first kappa shape index (κ1) is 20.2. The van der Waals surface area contributed by atoms with Crippen LogP contribution in [0.25, 0.3) is 0 Å². The number of nitrogens with one attached hydrogen (secondary N) is 2. The van der Waals surface area contributed by atoms with Crippen molar-refractivity contribution in [2.45, 2.75) is 25.8 Å². The summed E-state index contributed by atoms with van der Waals surface area (Å²) in [6.45, 7) is 3.47. The van der Waals surface area contributed by atoms with Crippen LogP contribution in [0, 0.1) is 0 Å². The van der Waals surface area contributed by atoms with Crippen LogP contribution in [-0.4, -0.2) is 36.3 Å². The molecule has 0 saturated heterocycles. The van der Waals surface area contributed by atoms with Crippen molar-refractivity contribution in [3.63, 3.8) is 0 Å². The van der Waals surface area contributed by atoms with E-state index in [1.165, 1.54) is 0 Å². The molecule has 0 radical (unpaired) electrons. The Labute approximate surface area is 168 Å². The van der Waals surface area contributed by atoms with E-state index in [2.05, 4.69) is 10.7 Å². The van der Waals surface area contributed by atoms with Crippen molar-refractivity contribution in [3.05, 3.63) is 65.7 Å². The second kappa shape index (κ2) is 8.64. The van der Waals surface area contributed by atoms with Gasteiger partial charge in [0.25, 0.3) is 5.91 Å². The molecule has 8 nitrogen and oxygen atoms in total. The smallest absolute Gasteiger partial charge is 0.430 e. The Balaban J connectivity index is 2.15. The van der Waals surface area contributed by atoms with Gasteiger partial charge in [0.15, 0.2) is 5.54 Å². The molecular weight excluding hydrogens is 374 g/mol. The van der Waals surface area contributed by atoms with Crippen molar-refractivity contribution in [1.82, 2.24) is 10.4 Å². The number of nitrogens with zero attached hydrogens (tertiary/aromatic N) is 1. The lowest BCUT2D eigenvalue weighted by Crippen LogP contribution is -2.62. The average Bonchev–Trinajstić information content (AvgIpc) is 2.99. The maximum atomic E-state index is 13.3. The zero-order valence-electron chi connectivity index (χ0n) is 16.3. The van der Waals surface area contributed by atoms with E-state index in [0.717, 1.165) is 10.6 Å². The Kier molecular flexibility index (Phi) is 6.01. The minimum absolute atomic E-state index is 0.0739. The summed E-state index contributed by atoms with van der Waals surface area (Å²) in [6, 6.07) is 16.3. The predicted octanol–water partition coefficient (Wildman–Crippen LogP) is 3.20. The first-order valence-electron chi connectivity index (χ1n) is 9.38. The quantitative estimate of drug-likeness (QED) is 0.755. The summed E-state index contributed by atoms with van der Waals surface area (Å²) < 4.78 is 10.1. The van der Waals surface area contributed by atoms with E-state index < -0.39 is 23.6 Å². The fraction of sp³-hybridized carbons (Fsp3) is 0.286. The number of para-hydroxylation sites is 1. The molecule has 1 atom stereocenters. The summed E-state index contributed by atoms with van der Waals surface area (Å²) in [5.41, 5.74) is 2.79. The minimum Gasteiger partial charge on any atom is -0.449 e. The number of rotatable bonds is 5. The minimum atomic E-state index is -1.54. The molecule has 0 aromatic heterocycles. The molecule has 0 aliphatic carbocycles. The van der Waals surface area contributed by atoms with Gasteiger partial charge in [-0.15, -0.1) is 0 Å². The van der Waals surface area contributed by atoms with Crippen molar-refractivity contribution in [2.75, 3.05) is 18.5 Å². The van der Waals surface area contributed by atoms with Gasteiger partial charge >= 0.3 is 12.2 Å². The number of amides is 3. The first-order valence-corrected chi connectivity index (χ1v) is 9.38. The Morgan fingerprint density at radius 1 is 1.00 bits per heavy atom. The van der Waals surface area contributed by atoms with Gasteiger partial charge < -0.3 is 14.8 Å². The predicted molar refractivity (Wildman–Crippen MR) is 106 cm³/mol. The largest absolute Gasteiger partial charge is 0.449 e. The van der Waals surface area contributed by atoms with E-state index in [1.807, 2.05) is 30.3 Å². The number of hydrazine groups is 1. The molecule has 1 heterocycles. The Bertz CT molecular complexity index is 902. The molecule has 3 amide bonds. The molecule has 3 rings (SSSR count). The van der Waals surface area contributed by atoms with Crippen LogP contribution in [-0.2, 0) is 26.2 Å². The fourth-order valence-corrected chi connectivity index (χ4v) is 3.41. The highest BCUT2D eigenvalue weighted by Crippen LogP contribution is 2.42. The third kappa shape index (κ3) is 3.87. The van der Waals surface area contributed by atoms with Crippen molar-refractivity contribution < 1.29 is 23.9 Å². The molecule has 0 saturated carbocycles. The molecule has 1 aliphatic heterocycles. The number of ether oxygens (including phenoxy) is 2. The number of fused-ring (bicyclic) bond motifs is 1. The van der Waals surface area contributed by atoms with E-state index in [0.29, 0.717) is 11.3 Å². The van der Waals surface area contributed by atoms with Crippen LogP contribution < -0.4 is 10.7 Å². The van der Waals surface area contributed by atoms with Gasteiger partial charge in [0, 0.05) is 17.7 Å². The van der Waals surface area contributed by atoms with Gasteiger partial charge in [-0.05, 0) is 25.5 Å². The summed E-state index contributed by atoms with van der Waals surface area (Å²) in [6.07, 6.45) is -1.59. The van der Waals surface area contributed by atoms with E-state index >= 15 is 0 Å². The summed E-state index contributed by atoms with van der Waals surface area (Å²) in [5.74, 6) is -0.451. The van der Waals surface area contributed by atoms with Crippen molar-refractivity contribution >= 4 is 23.8 Å². The monoisotopic (exact) mass is 397 g/mol. The number of benzene rings is 2. The topological polar surface area (TPSA) is 97.0 Å². The fourth-order valence-electron chi connectivity index (χ4n) is 3.41. The zero-order valence-corrected chi connectivity index (χ0v) is 16.3. The van der Waals surface area contributed by atoms with Crippen LogP contribution in [0.15, 0.2) is 54.6 Å². The maximum absolute atomic E-state index is 13.3. The molecule has 29 heavy (non-hydrogen) atoms. The third-order valence-electron chi connectivity index (χ3n) is 4.61. The standard InChI is InChI=1S/C21H23N3O5/c1-3-28-19(26)23-24(20(27)29-4-2)21(14-15-10-6-5-7-11-15)16-12-8-9-13-17(16)22-18(21)25/h5-13H,3-4,14H2,1-2H3,(H,22,25)(H,23,26)/t21-/m1/s1. The summed E-state index contributed by atoms with van der Waals surface area (Å²) >= 11 is 0. The highest BCUT2D eigenvalue weighted by Gasteiger charge is 2.55. The van der Waals surface area contributed by atoms with Crippen molar-refractivity contribution in [3.8, 4) is 0 Å². The van der Waals surface area contributed by atoms with Crippen molar-refractivity contribution in [1.29, 1.82) is 0 Å². The number of carbonyl (C=O) groups excluding carboxylic acids is 3. The number of hydrogen-bond donors (Lipinski definition) is 2. The number of anilines is 1. The van der Waals surface area contributed by atoms with Crippen LogP contribution in [0.3, 0.4) is 0 Å². The van der Waals surface area contributed by atoms with Crippen LogP contribution in [0.1, 0.15) is 25.0 Å². The Morgan fingerprint density at radius 2 is 1.66 bits per heavy atom. The molecule has 0 spiro atoms. The van der Waals surface area contributed by atoms with E-state index in [4.69, 9.17) is 9.47 Å². The molecule has 152 valence electrons. The Morgan fingerprint density at radius 3 is 2.34 bits per heavy atom. The van der Waals surface area contributed by atoms with Crippen LogP contribution >= 0.6 is 0 Å². The van der Waals surface area contributed by atoms with Gasteiger partial charge in [-0.3, -0.25) is 4.79 Å². The average molecular weight is 397 g/mol. The lowest BCUT2D eigenvalue weighted by Gasteiger charge is -2.38. The molecule has 0 unspecified atom stereocenters. The number of hydrogen-bond acceptors (Lipinski definition) is 5. The molecule has 2 aromatic carbocycles. The van der Waals surface area contributed by atoms with Crippen LogP contribution in [0.2, 0.25) is 0 Å². The van der Waals surface area contributed by atoms with Gasteiger partial charge in [0.2, 0.25) is 0 Å². The zero-order chi connectivity index (χ0) is 20.9. The van der Waals surface area contributed by atoms with Crippen molar-refractivity contribution in [2.24, 2.45) is 0 Å². The van der Waals surface area contributed by atoms with Gasteiger partial charge in [0.1, 0.15) is 0 Å². The van der Waals surface area contributed by atoms with E-state index in [9.17, 15) is 14.4 Å². The van der Waals surface area contributed by atoms with Gasteiger partial charge in [0.05, 0.1) is 13.2 Å².